The monoisotopic (exact) mass is 1090 g/mol. The van der Waals surface area contributed by atoms with Crippen molar-refractivity contribution in [1.29, 1.82) is 10.5 Å². The van der Waals surface area contributed by atoms with Crippen LogP contribution in [0.5, 0.6) is 17.2 Å². The van der Waals surface area contributed by atoms with Crippen LogP contribution >= 0.6 is 0 Å². The second-order valence-corrected chi connectivity index (χ2v) is 24.0. The van der Waals surface area contributed by atoms with Gasteiger partial charge in [-0.2, -0.15) is 10.5 Å². The molecule has 3 atom stereocenters. The van der Waals surface area contributed by atoms with E-state index >= 15 is 0 Å². The van der Waals surface area contributed by atoms with Crippen molar-refractivity contribution in [2.24, 2.45) is 23.7 Å². The number of likely N-dealkylation sites (tertiary alicyclic amines) is 3. The van der Waals surface area contributed by atoms with E-state index in [2.05, 4.69) is 52.0 Å². The zero-order valence-corrected chi connectivity index (χ0v) is 48.5. The Hall–Kier alpha value is -6.63. The van der Waals surface area contributed by atoms with Crippen LogP contribution in [0.3, 0.4) is 0 Å². The molecule has 0 amide bonds. The summed E-state index contributed by atoms with van der Waals surface area (Å²) < 4.78 is 16.2. The van der Waals surface area contributed by atoms with E-state index in [1.54, 1.807) is 21.3 Å². The Kier molecular flexibility index (Phi) is 19.2. The van der Waals surface area contributed by atoms with Gasteiger partial charge in [-0.05, 0) is 184 Å². The Morgan fingerprint density at radius 1 is 0.469 bits per heavy atom. The minimum Gasteiger partial charge on any atom is -0.496 e. The van der Waals surface area contributed by atoms with E-state index < -0.39 is 0 Å². The molecule has 424 valence electrons. The number of ether oxygens (including phenoxy) is 3. The molecule has 0 aromatic heterocycles. The molecule has 3 unspecified atom stereocenters. The van der Waals surface area contributed by atoms with Gasteiger partial charge in [-0.15, -0.1) is 0 Å². The number of aryl methyl sites for hydroxylation is 1. The van der Waals surface area contributed by atoms with E-state index in [0.717, 1.165) is 166 Å². The van der Waals surface area contributed by atoms with Crippen LogP contribution < -0.4 is 14.2 Å². The van der Waals surface area contributed by atoms with Crippen molar-refractivity contribution in [3.63, 3.8) is 0 Å². The summed E-state index contributed by atoms with van der Waals surface area (Å²) in [5.74, 6) is 4.43. The van der Waals surface area contributed by atoms with E-state index in [9.17, 15) is 19.6 Å². The number of hydrogen-bond acceptors (Lipinski definition) is 11. The number of carbonyl (C=O) groups is 3. The van der Waals surface area contributed by atoms with E-state index in [0.29, 0.717) is 24.7 Å². The van der Waals surface area contributed by atoms with Gasteiger partial charge >= 0.3 is 0 Å². The van der Waals surface area contributed by atoms with Crippen LogP contribution in [0.15, 0.2) is 91.0 Å². The second-order valence-electron chi connectivity index (χ2n) is 24.0. The minimum absolute atomic E-state index is 0.0902. The molecular weight excluding hydrogens is 1010 g/mol. The van der Waals surface area contributed by atoms with Crippen LogP contribution in [-0.4, -0.2) is 111 Å². The van der Waals surface area contributed by atoms with E-state index in [4.69, 9.17) is 19.5 Å². The van der Waals surface area contributed by atoms with E-state index in [1.807, 2.05) is 72.8 Å². The van der Waals surface area contributed by atoms with Gasteiger partial charge in [0.1, 0.15) is 17.2 Å². The molecule has 6 aliphatic rings. The van der Waals surface area contributed by atoms with Gasteiger partial charge in [0.05, 0.1) is 46.3 Å². The molecule has 3 saturated heterocycles. The van der Waals surface area contributed by atoms with Crippen molar-refractivity contribution in [3.05, 3.63) is 124 Å². The van der Waals surface area contributed by atoms with Gasteiger partial charge in [-0.1, -0.05) is 80.3 Å². The maximum atomic E-state index is 13.4. The minimum atomic E-state index is 0.0902. The third-order valence-electron chi connectivity index (χ3n) is 18.9. The summed E-state index contributed by atoms with van der Waals surface area (Å²) in [5.41, 5.74) is 5.36. The lowest BCUT2D eigenvalue weighted by Gasteiger charge is -2.42. The zero-order valence-electron chi connectivity index (χ0n) is 48.5. The standard InChI is InChI=1S/C25H30N2O2.C23H26N2O2.C22H27NO2/c1-29-24-12-10-18-16-19(9-11-22(18)23(24)13-14-26)25(28)20-6-4-5-15-27(17-20)21-7-2-3-8-21;1-27-22-9-7-17-13-18(6-8-20(17)21(22)10-11-24)23(26)19-3-2-12-25(15-19)14-16-4-5-16;1-15-20-10-8-17(13-16(20)9-11-21(15)25-2)22(24)18-5-4-12-23(14-18)19-6-3-7-19/h9-12,16,20-21H,2-8,13,15,17H2,1H3;6-9,13,16,19H,2-5,10,12,14-15H2,1H3;8-11,13,18-19H,3-7,12,14H2,1-2H3. The third kappa shape index (κ3) is 13.5. The summed E-state index contributed by atoms with van der Waals surface area (Å²) in [5, 5.41) is 24.6. The Balaban J connectivity index is 0.000000137. The first-order chi connectivity index (χ1) is 39.6. The number of benzene rings is 6. The SMILES string of the molecule is COc1ccc2cc(C(=O)C3CCCCN(C4CCCC4)C3)ccc2c1CC#N.COc1ccc2cc(C(=O)C3CCCN(C4CCC4)C3)ccc2c1C.COc1ccc2cc(C(=O)C3CCCN(CC4CC4)C3)ccc2c1CC#N. The predicted octanol–water partition coefficient (Wildman–Crippen LogP) is 14.0. The van der Waals surface area contributed by atoms with Crippen molar-refractivity contribution in [3.8, 4) is 29.4 Å². The number of carbonyl (C=O) groups excluding carboxylic acids is 3. The van der Waals surface area contributed by atoms with Crippen molar-refractivity contribution in [2.45, 2.75) is 135 Å². The molecule has 3 aliphatic heterocycles. The highest BCUT2D eigenvalue weighted by atomic mass is 16.5. The van der Waals surface area contributed by atoms with Crippen LogP contribution in [0.1, 0.15) is 150 Å². The van der Waals surface area contributed by atoms with Crippen LogP contribution in [0, 0.1) is 53.3 Å². The first-order valence-electron chi connectivity index (χ1n) is 30.4. The molecule has 3 heterocycles. The average molecular weight is 1090 g/mol. The highest BCUT2D eigenvalue weighted by Crippen LogP contribution is 2.37. The Labute approximate surface area is 480 Å². The summed E-state index contributed by atoms with van der Waals surface area (Å²) in [4.78, 5) is 47.2. The van der Waals surface area contributed by atoms with Crippen molar-refractivity contribution in [2.75, 3.05) is 67.1 Å². The largest absolute Gasteiger partial charge is 0.496 e. The molecule has 11 nitrogen and oxygen atoms in total. The zero-order chi connectivity index (χ0) is 56.4. The number of hydrogen-bond donors (Lipinski definition) is 0. The predicted molar refractivity (Wildman–Crippen MR) is 323 cm³/mol. The number of rotatable bonds is 15. The molecule has 0 bridgehead atoms. The molecule has 0 spiro atoms. The number of methoxy groups -OCH3 is 3. The Morgan fingerprint density at radius 2 is 0.889 bits per heavy atom. The quantitative estimate of drug-likeness (QED) is 0.0909. The summed E-state index contributed by atoms with van der Waals surface area (Å²) in [6, 6.07) is 35.6. The Bertz CT molecular complexity index is 3310. The highest BCUT2D eigenvalue weighted by Gasteiger charge is 2.34. The van der Waals surface area contributed by atoms with E-state index in [-0.39, 0.29) is 29.3 Å². The van der Waals surface area contributed by atoms with Gasteiger partial charge in [-0.3, -0.25) is 24.2 Å². The van der Waals surface area contributed by atoms with Gasteiger partial charge in [0, 0.05) is 83.8 Å². The summed E-state index contributed by atoms with van der Waals surface area (Å²) in [6.07, 6.45) is 20.2. The van der Waals surface area contributed by atoms with Gasteiger partial charge < -0.3 is 19.1 Å². The summed E-state index contributed by atoms with van der Waals surface area (Å²) >= 11 is 0. The molecule has 81 heavy (non-hydrogen) atoms. The molecule has 6 fully saturated rings. The Morgan fingerprint density at radius 3 is 1.36 bits per heavy atom. The smallest absolute Gasteiger partial charge is 0.167 e. The van der Waals surface area contributed by atoms with Crippen molar-refractivity contribution in [1.82, 2.24) is 14.7 Å². The lowest BCUT2D eigenvalue weighted by molar-refractivity contribution is 0.0612. The molecule has 0 radical (unpaired) electrons. The van der Waals surface area contributed by atoms with Crippen LogP contribution in [0.4, 0.5) is 0 Å². The van der Waals surface area contributed by atoms with Gasteiger partial charge in [0.2, 0.25) is 0 Å². The molecule has 3 saturated carbocycles. The molecule has 11 heteroatoms. The van der Waals surface area contributed by atoms with Crippen LogP contribution in [0.25, 0.3) is 32.3 Å². The number of fused-ring (bicyclic) bond motifs is 3. The first-order valence-corrected chi connectivity index (χ1v) is 30.4. The fourth-order valence-electron chi connectivity index (χ4n) is 13.9. The lowest BCUT2D eigenvalue weighted by Crippen LogP contribution is -2.47. The summed E-state index contributed by atoms with van der Waals surface area (Å²) in [7, 11) is 4.95. The fraction of sp³-hybridized carbons (Fsp3) is 0.500. The third-order valence-corrected chi connectivity index (χ3v) is 18.9. The second kappa shape index (κ2) is 27.0. The van der Waals surface area contributed by atoms with Gasteiger partial charge in [-0.25, -0.2) is 0 Å². The average Bonchev–Trinajstić information content (AvgIpc) is 4.34. The van der Waals surface area contributed by atoms with Crippen molar-refractivity contribution < 1.29 is 28.6 Å². The lowest BCUT2D eigenvalue weighted by atomic mass is 9.85. The van der Waals surface area contributed by atoms with Crippen LogP contribution in [0.2, 0.25) is 0 Å². The maximum absolute atomic E-state index is 13.4. The molecule has 0 N–H and O–H groups in total. The number of piperidine rings is 2. The molecule has 12 rings (SSSR count). The maximum Gasteiger partial charge on any atom is 0.167 e. The van der Waals surface area contributed by atoms with Gasteiger partial charge in [0.15, 0.2) is 17.3 Å². The number of Topliss-reactive ketones (excluding diaryl/α,β-unsaturated/α-hetero) is 3. The number of nitriles is 2. The molecule has 6 aromatic rings. The number of ketones is 3. The van der Waals surface area contributed by atoms with Crippen molar-refractivity contribution >= 4 is 49.7 Å². The first kappa shape index (κ1) is 57.6. The normalized spacial score (nSPS) is 21.1. The molecule has 6 aromatic carbocycles. The summed E-state index contributed by atoms with van der Waals surface area (Å²) in [6.45, 7) is 9.44. The number of nitrogens with zero attached hydrogens (tertiary/aromatic N) is 5. The van der Waals surface area contributed by atoms with Crippen LogP contribution in [-0.2, 0) is 12.8 Å². The fourth-order valence-corrected chi connectivity index (χ4v) is 13.9. The topological polar surface area (TPSA) is 136 Å². The molecule has 3 aliphatic carbocycles. The molecular formula is C70H83N5O6. The highest BCUT2D eigenvalue weighted by molar-refractivity contribution is 6.04. The van der Waals surface area contributed by atoms with Gasteiger partial charge in [0.25, 0.3) is 0 Å². The van der Waals surface area contributed by atoms with E-state index in [1.165, 1.54) is 77.3 Å².